The van der Waals surface area contributed by atoms with Crippen LogP contribution in [0.15, 0.2) is 78.9 Å². The number of anilines is 1. The van der Waals surface area contributed by atoms with Gasteiger partial charge in [0, 0.05) is 25.6 Å². The summed E-state index contributed by atoms with van der Waals surface area (Å²) in [5.41, 5.74) is 1.96. The Morgan fingerprint density at radius 2 is 1.55 bits per heavy atom. The molecule has 0 saturated heterocycles. The summed E-state index contributed by atoms with van der Waals surface area (Å²) >= 11 is 0. The van der Waals surface area contributed by atoms with Gasteiger partial charge in [-0.05, 0) is 30.2 Å². The molecule has 0 aliphatic carbocycles. The van der Waals surface area contributed by atoms with Crippen molar-refractivity contribution >= 4 is 27.5 Å². The summed E-state index contributed by atoms with van der Waals surface area (Å²) in [4.78, 5) is 28.7. The summed E-state index contributed by atoms with van der Waals surface area (Å²) in [6.45, 7) is 1.88. The quantitative estimate of drug-likeness (QED) is 0.403. The maximum Gasteiger partial charge on any atom is 0.244 e. The normalized spacial score (nSPS) is 13.0. The summed E-state index contributed by atoms with van der Waals surface area (Å²) in [6, 6.07) is 22.6. The highest BCUT2D eigenvalue weighted by Crippen LogP contribution is 2.36. The zero-order valence-electron chi connectivity index (χ0n) is 21.4. The van der Waals surface area contributed by atoms with Crippen molar-refractivity contribution in [2.24, 2.45) is 0 Å². The molecule has 2 amide bonds. The van der Waals surface area contributed by atoms with Gasteiger partial charge in [0.05, 0.1) is 11.9 Å². The molecule has 1 atom stereocenters. The molecule has 0 fully saturated rings. The molecule has 1 unspecified atom stereocenters. The van der Waals surface area contributed by atoms with E-state index in [2.05, 4.69) is 5.32 Å². The second kappa shape index (κ2) is 12.0. The third-order valence-corrected chi connectivity index (χ3v) is 7.28. The average molecular weight is 538 g/mol. The van der Waals surface area contributed by atoms with E-state index in [0.29, 0.717) is 18.0 Å². The first-order valence-corrected chi connectivity index (χ1v) is 14.1. The number of nitrogens with zero attached hydrogens (tertiary/aromatic N) is 2. The fraction of sp³-hybridized carbons (Fsp3) is 0.286. The van der Waals surface area contributed by atoms with Crippen LogP contribution in [0.5, 0.6) is 11.5 Å². The summed E-state index contributed by atoms with van der Waals surface area (Å²) in [7, 11) is -3.86. The van der Waals surface area contributed by atoms with Crippen molar-refractivity contribution in [3.63, 3.8) is 0 Å². The zero-order chi connectivity index (χ0) is 27.1. The SMILES string of the molecule is CCNC(=O)C(Cc1ccccc1)N(Cc1ccccc1)C(=O)CN(c1ccc2c(c1)OCO2)S(C)(=O)=O. The molecule has 0 spiro atoms. The summed E-state index contributed by atoms with van der Waals surface area (Å²) in [5, 5.41) is 2.84. The first-order valence-electron chi connectivity index (χ1n) is 12.3. The van der Waals surface area contributed by atoms with E-state index in [1.165, 1.54) is 11.0 Å². The molecule has 3 aromatic carbocycles. The maximum atomic E-state index is 13.9. The summed E-state index contributed by atoms with van der Waals surface area (Å²) in [5.74, 6) is 0.0751. The lowest BCUT2D eigenvalue weighted by Gasteiger charge is -2.33. The van der Waals surface area contributed by atoms with E-state index in [-0.39, 0.29) is 31.4 Å². The first kappa shape index (κ1) is 27.0. The molecule has 1 aliphatic heterocycles. The maximum absolute atomic E-state index is 13.9. The number of carbonyl (C=O) groups excluding carboxylic acids is 2. The van der Waals surface area contributed by atoms with Crippen molar-refractivity contribution in [2.45, 2.75) is 25.9 Å². The highest BCUT2D eigenvalue weighted by molar-refractivity contribution is 7.92. The minimum Gasteiger partial charge on any atom is -0.454 e. The van der Waals surface area contributed by atoms with Crippen LogP contribution in [-0.4, -0.2) is 57.3 Å². The molecular formula is C28H31N3O6S. The lowest BCUT2D eigenvalue weighted by Crippen LogP contribution is -2.53. The molecular weight excluding hydrogens is 506 g/mol. The second-order valence-corrected chi connectivity index (χ2v) is 10.8. The van der Waals surface area contributed by atoms with Crippen molar-refractivity contribution in [2.75, 3.05) is 30.4 Å². The fourth-order valence-electron chi connectivity index (χ4n) is 4.28. The van der Waals surface area contributed by atoms with Crippen molar-refractivity contribution in [3.8, 4) is 11.5 Å². The third-order valence-electron chi connectivity index (χ3n) is 6.14. The minimum atomic E-state index is -3.86. The van der Waals surface area contributed by atoms with Gasteiger partial charge >= 0.3 is 0 Å². The van der Waals surface area contributed by atoms with Crippen molar-refractivity contribution in [1.82, 2.24) is 10.2 Å². The Morgan fingerprint density at radius 1 is 0.921 bits per heavy atom. The highest BCUT2D eigenvalue weighted by Gasteiger charge is 2.33. The standard InChI is InChI=1S/C28H31N3O6S/c1-3-29-28(33)24(16-21-10-6-4-7-11-21)30(18-22-12-8-5-9-13-22)27(32)19-31(38(2,34)35)23-14-15-25-26(17-23)37-20-36-25/h4-15,17,24H,3,16,18-20H2,1-2H3,(H,29,33). The van der Waals surface area contributed by atoms with E-state index < -0.39 is 28.5 Å². The molecule has 3 aromatic rings. The molecule has 9 nitrogen and oxygen atoms in total. The van der Waals surface area contributed by atoms with Crippen molar-refractivity contribution in [3.05, 3.63) is 90.0 Å². The summed E-state index contributed by atoms with van der Waals surface area (Å²) < 4.78 is 37.5. The van der Waals surface area contributed by atoms with Gasteiger partial charge in [0.2, 0.25) is 28.6 Å². The molecule has 1 N–H and O–H groups in total. The van der Waals surface area contributed by atoms with Crippen LogP contribution in [0.2, 0.25) is 0 Å². The monoisotopic (exact) mass is 537 g/mol. The molecule has 0 saturated carbocycles. The molecule has 1 aliphatic rings. The van der Waals surface area contributed by atoms with Gasteiger partial charge < -0.3 is 19.7 Å². The van der Waals surface area contributed by atoms with E-state index in [1.54, 1.807) is 12.1 Å². The molecule has 0 aromatic heterocycles. The number of carbonyl (C=O) groups is 2. The zero-order valence-corrected chi connectivity index (χ0v) is 22.2. The predicted molar refractivity (Wildman–Crippen MR) is 144 cm³/mol. The molecule has 4 rings (SSSR count). The van der Waals surface area contributed by atoms with E-state index in [0.717, 1.165) is 21.7 Å². The van der Waals surface area contributed by atoms with Gasteiger partial charge in [-0.2, -0.15) is 0 Å². The Hall–Kier alpha value is -4.05. The third kappa shape index (κ3) is 6.63. The van der Waals surface area contributed by atoms with Crippen LogP contribution in [0.25, 0.3) is 0 Å². The van der Waals surface area contributed by atoms with Crippen LogP contribution < -0.4 is 19.1 Å². The molecule has 1 heterocycles. The van der Waals surface area contributed by atoms with Gasteiger partial charge in [0.15, 0.2) is 11.5 Å². The van der Waals surface area contributed by atoms with Gasteiger partial charge in [-0.1, -0.05) is 60.7 Å². The number of likely N-dealkylation sites (N-methyl/N-ethyl adjacent to an activating group) is 1. The lowest BCUT2D eigenvalue weighted by molar-refractivity contribution is -0.140. The number of sulfonamides is 1. The second-order valence-electron chi connectivity index (χ2n) is 8.91. The largest absolute Gasteiger partial charge is 0.454 e. The number of rotatable bonds is 11. The number of fused-ring (bicyclic) bond motifs is 1. The van der Waals surface area contributed by atoms with E-state index in [1.807, 2.05) is 67.6 Å². The Bertz CT molecular complexity index is 1370. The Labute approximate surface area is 223 Å². The van der Waals surface area contributed by atoms with Crippen LogP contribution in [0.4, 0.5) is 5.69 Å². The average Bonchev–Trinajstić information content (AvgIpc) is 3.38. The van der Waals surface area contributed by atoms with Crippen LogP contribution in [0.3, 0.4) is 0 Å². The molecule has 0 radical (unpaired) electrons. The van der Waals surface area contributed by atoms with Crippen LogP contribution >= 0.6 is 0 Å². The van der Waals surface area contributed by atoms with Crippen molar-refractivity contribution < 1.29 is 27.5 Å². The van der Waals surface area contributed by atoms with E-state index in [4.69, 9.17) is 9.47 Å². The lowest BCUT2D eigenvalue weighted by atomic mass is 10.0. The molecule has 38 heavy (non-hydrogen) atoms. The molecule has 10 heteroatoms. The fourth-order valence-corrected chi connectivity index (χ4v) is 5.12. The number of ether oxygens (including phenoxy) is 2. The van der Waals surface area contributed by atoms with Gasteiger partial charge in [-0.3, -0.25) is 13.9 Å². The highest BCUT2D eigenvalue weighted by atomic mass is 32.2. The Morgan fingerprint density at radius 3 is 2.18 bits per heavy atom. The van der Waals surface area contributed by atoms with Crippen LogP contribution in [0.1, 0.15) is 18.1 Å². The molecule has 200 valence electrons. The Balaban J connectivity index is 1.70. The van der Waals surface area contributed by atoms with Crippen LogP contribution in [-0.2, 0) is 32.6 Å². The van der Waals surface area contributed by atoms with Gasteiger partial charge in [-0.15, -0.1) is 0 Å². The van der Waals surface area contributed by atoms with E-state index in [9.17, 15) is 18.0 Å². The van der Waals surface area contributed by atoms with Gasteiger partial charge in [0.1, 0.15) is 12.6 Å². The first-order chi connectivity index (χ1) is 18.3. The van der Waals surface area contributed by atoms with Gasteiger partial charge in [-0.25, -0.2) is 8.42 Å². The van der Waals surface area contributed by atoms with Crippen LogP contribution in [0, 0.1) is 0 Å². The molecule has 0 bridgehead atoms. The topological polar surface area (TPSA) is 105 Å². The number of nitrogens with one attached hydrogen (secondary N) is 1. The smallest absolute Gasteiger partial charge is 0.244 e. The number of benzene rings is 3. The van der Waals surface area contributed by atoms with E-state index >= 15 is 0 Å². The number of hydrogen-bond donors (Lipinski definition) is 1. The Kier molecular flexibility index (Phi) is 8.52. The summed E-state index contributed by atoms with van der Waals surface area (Å²) in [6.07, 6.45) is 1.31. The van der Waals surface area contributed by atoms with Gasteiger partial charge in [0.25, 0.3) is 0 Å². The number of hydrogen-bond acceptors (Lipinski definition) is 6. The van der Waals surface area contributed by atoms with Crippen molar-refractivity contribution in [1.29, 1.82) is 0 Å². The minimum absolute atomic E-state index is 0.0369. The number of amides is 2. The predicted octanol–water partition coefficient (Wildman–Crippen LogP) is 2.96.